The fraction of sp³-hybridized carbons (Fsp3) is 0.0714. The predicted octanol–water partition coefficient (Wildman–Crippen LogP) is 3.23. The van der Waals surface area contributed by atoms with Crippen LogP contribution in [0.1, 0.15) is 10.4 Å². The molecule has 0 spiro atoms. The Morgan fingerprint density at radius 1 is 1.16 bits per heavy atom. The minimum atomic E-state index is -0.704. The van der Waals surface area contributed by atoms with Gasteiger partial charge in [-0.1, -0.05) is 12.1 Å². The third-order valence-corrected chi connectivity index (χ3v) is 2.53. The van der Waals surface area contributed by atoms with Crippen LogP contribution in [-0.4, -0.2) is 13.0 Å². The molecular weight excluding hydrogens is 252 g/mol. The molecule has 0 unspecified atom stereocenters. The van der Waals surface area contributed by atoms with Gasteiger partial charge in [-0.25, -0.2) is 8.78 Å². The maximum Gasteiger partial charge on any atom is 0.259 e. The van der Waals surface area contributed by atoms with Gasteiger partial charge in [-0.05, 0) is 24.3 Å². The van der Waals surface area contributed by atoms with E-state index in [0.717, 1.165) is 18.2 Å². The molecule has 0 aliphatic carbocycles. The molecule has 2 rings (SSSR count). The van der Waals surface area contributed by atoms with Crippen molar-refractivity contribution in [3.8, 4) is 5.75 Å². The SMILES string of the molecule is COc1ccccc1C(=O)Nc1cc(F)ccc1F. The molecule has 0 saturated heterocycles. The maximum absolute atomic E-state index is 13.4. The molecule has 0 heterocycles. The summed E-state index contributed by atoms with van der Waals surface area (Å²) in [4.78, 5) is 12.0. The molecule has 1 N–H and O–H groups in total. The van der Waals surface area contributed by atoms with Crippen LogP contribution in [0.4, 0.5) is 14.5 Å². The van der Waals surface area contributed by atoms with Crippen molar-refractivity contribution in [2.45, 2.75) is 0 Å². The lowest BCUT2D eigenvalue weighted by Crippen LogP contribution is -2.14. The van der Waals surface area contributed by atoms with Crippen LogP contribution >= 0.6 is 0 Å². The Bertz CT molecular complexity index is 614. The highest BCUT2D eigenvalue weighted by atomic mass is 19.1. The van der Waals surface area contributed by atoms with Crippen LogP contribution in [0, 0.1) is 11.6 Å². The lowest BCUT2D eigenvalue weighted by atomic mass is 10.2. The Balaban J connectivity index is 2.28. The average Bonchev–Trinajstić information content (AvgIpc) is 2.42. The first-order chi connectivity index (χ1) is 9.11. The van der Waals surface area contributed by atoms with Crippen LogP contribution in [0.3, 0.4) is 0 Å². The monoisotopic (exact) mass is 263 g/mol. The van der Waals surface area contributed by atoms with Gasteiger partial charge in [-0.2, -0.15) is 0 Å². The highest BCUT2D eigenvalue weighted by Gasteiger charge is 2.13. The van der Waals surface area contributed by atoms with Gasteiger partial charge in [-0.15, -0.1) is 0 Å². The summed E-state index contributed by atoms with van der Waals surface area (Å²) in [6, 6.07) is 9.35. The molecule has 0 radical (unpaired) electrons. The zero-order valence-corrected chi connectivity index (χ0v) is 10.1. The number of carbonyl (C=O) groups excluding carboxylic acids is 1. The van der Waals surface area contributed by atoms with E-state index in [1.807, 2.05) is 0 Å². The summed E-state index contributed by atoms with van der Waals surface area (Å²) >= 11 is 0. The van der Waals surface area contributed by atoms with Gasteiger partial charge in [0.1, 0.15) is 17.4 Å². The normalized spacial score (nSPS) is 10.1. The molecule has 0 aliphatic heterocycles. The zero-order valence-electron chi connectivity index (χ0n) is 10.1. The number of nitrogens with one attached hydrogen (secondary N) is 1. The Hall–Kier alpha value is -2.43. The number of ether oxygens (including phenoxy) is 1. The van der Waals surface area contributed by atoms with E-state index in [2.05, 4.69) is 5.32 Å². The van der Waals surface area contributed by atoms with Gasteiger partial charge < -0.3 is 10.1 Å². The molecule has 3 nitrogen and oxygen atoms in total. The minimum absolute atomic E-state index is 0.212. The molecular formula is C14H11F2NO2. The number of halogens is 2. The smallest absolute Gasteiger partial charge is 0.259 e. The second kappa shape index (κ2) is 5.48. The van der Waals surface area contributed by atoms with E-state index in [1.54, 1.807) is 18.2 Å². The predicted molar refractivity (Wildman–Crippen MR) is 67.3 cm³/mol. The summed E-state index contributed by atoms with van der Waals surface area (Å²) in [5.41, 5.74) is 0.0320. The highest BCUT2D eigenvalue weighted by molar-refractivity contribution is 6.06. The van der Waals surface area contributed by atoms with E-state index in [4.69, 9.17) is 4.74 Å². The van der Waals surface area contributed by atoms with Crippen molar-refractivity contribution in [2.24, 2.45) is 0 Å². The third kappa shape index (κ3) is 2.88. The number of para-hydroxylation sites is 1. The van der Waals surface area contributed by atoms with Crippen LogP contribution < -0.4 is 10.1 Å². The lowest BCUT2D eigenvalue weighted by Gasteiger charge is -2.09. The van der Waals surface area contributed by atoms with E-state index in [1.165, 1.54) is 13.2 Å². The first-order valence-electron chi connectivity index (χ1n) is 5.51. The Labute approximate surface area is 108 Å². The second-order valence-corrected chi connectivity index (χ2v) is 3.78. The number of rotatable bonds is 3. The number of carbonyl (C=O) groups is 1. The van der Waals surface area contributed by atoms with E-state index in [9.17, 15) is 13.6 Å². The average molecular weight is 263 g/mol. The standard InChI is InChI=1S/C14H11F2NO2/c1-19-13-5-3-2-4-10(13)14(18)17-12-8-9(15)6-7-11(12)16/h2-8H,1H3,(H,17,18). The van der Waals surface area contributed by atoms with E-state index < -0.39 is 17.5 Å². The van der Waals surface area contributed by atoms with Gasteiger partial charge >= 0.3 is 0 Å². The first-order valence-corrected chi connectivity index (χ1v) is 5.51. The van der Waals surface area contributed by atoms with Crippen LogP contribution in [0.25, 0.3) is 0 Å². The van der Waals surface area contributed by atoms with Crippen molar-refractivity contribution in [1.29, 1.82) is 0 Å². The molecule has 19 heavy (non-hydrogen) atoms. The second-order valence-electron chi connectivity index (χ2n) is 3.78. The molecule has 0 aliphatic rings. The number of amides is 1. The lowest BCUT2D eigenvalue weighted by molar-refractivity contribution is 0.102. The number of benzene rings is 2. The van der Waals surface area contributed by atoms with Crippen LogP contribution in [0.2, 0.25) is 0 Å². The summed E-state index contributed by atoms with van der Waals surface area (Å²) in [6.07, 6.45) is 0. The topological polar surface area (TPSA) is 38.3 Å². The highest BCUT2D eigenvalue weighted by Crippen LogP contribution is 2.21. The van der Waals surface area contributed by atoms with Gasteiger partial charge in [0.25, 0.3) is 5.91 Å². The van der Waals surface area contributed by atoms with Gasteiger partial charge in [0.15, 0.2) is 0 Å². The molecule has 0 aromatic heterocycles. The van der Waals surface area contributed by atoms with Crippen molar-refractivity contribution in [3.05, 3.63) is 59.7 Å². The van der Waals surface area contributed by atoms with Crippen LogP contribution in [-0.2, 0) is 0 Å². The van der Waals surface area contributed by atoms with Crippen LogP contribution in [0.15, 0.2) is 42.5 Å². The van der Waals surface area contributed by atoms with Crippen molar-refractivity contribution in [2.75, 3.05) is 12.4 Å². The Morgan fingerprint density at radius 2 is 1.89 bits per heavy atom. The van der Waals surface area contributed by atoms with Gasteiger partial charge in [0.05, 0.1) is 18.4 Å². The summed E-state index contributed by atoms with van der Waals surface area (Å²) in [5.74, 6) is -1.54. The molecule has 2 aromatic carbocycles. The van der Waals surface area contributed by atoms with Crippen molar-refractivity contribution in [1.82, 2.24) is 0 Å². The third-order valence-electron chi connectivity index (χ3n) is 2.53. The molecule has 0 atom stereocenters. The molecule has 5 heteroatoms. The van der Waals surface area contributed by atoms with Gasteiger partial charge in [0.2, 0.25) is 0 Å². The molecule has 0 fully saturated rings. The van der Waals surface area contributed by atoms with Crippen LogP contribution in [0.5, 0.6) is 5.75 Å². The molecule has 0 bridgehead atoms. The Kier molecular flexibility index (Phi) is 3.75. The fourth-order valence-corrected chi connectivity index (χ4v) is 1.62. The van der Waals surface area contributed by atoms with Gasteiger partial charge in [-0.3, -0.25) is 4.79 Å². The maximum atomic E-state index is 13.4. The van der Waals surface area contributed by atoms with Crippen molar-refractivity contribution >= 4 is 11.6 Å². The molecule has 98 valence electrons. The quantitative estimate of drug-likeness (QED) is 0.923. The fourth-order valence-electron chi connectivity index (χ4n) is 1.62. The summed E-state index contributed by atoms with van der Waals surface area (Å²) in [5, 5.41) is 2.31. The molecule has 0 saturated carbocycles. The number of hydrogen-bond donors (Lipinski definition) is 1. The Morgan fingerprint density at radius 3 is 2.63 bits per heavy atom. The van der Waals surface area contributed by atoms with Crippen molar-refractivity contribution in [3.63, 3.8) is 0 Å². The van der Waals surface area contributed by atoms with E-state index in [-0.39, 0.29) is 11.3 Å². The molecule has 1 amide bonds. The first kappa shape index (κ1) is 13.0. The summed E-state index contributed by atoms with van der Waals surface area (Å²) in [7, 11) is 1.43. The minimum Gasteiger partial charge on any atom is -0.496 e. The number of methoxy groups -OCH3 is 1. The number of anilines is 1. The largest absolute Gasteiger partial charge is 0.496 e. The van der Waals surface area contributed by atoms with Gasteiger partial charge in [0, 0.05) is 6.07 Å². The zero-order chi connectivity index (χ0) is 13.8. The molecule has 2 aromatic rings. The number of hydrogen-bond acceptors (Lipinski definition) is 2. The summed E-state index contributed by atoms with van der Waals surface area (Å²) in [6.45, 7) is 0. The van der Waals surface area contributed by atoms with E-state index in [0.29, 0.717) is 5.75 Å². The van der Waals surface area contributed by atoms with E-state index >= 15 is 0 Å². The van der Waals surface area contributed by atoms with Crippen molar-refractivity contribution < 1.29 is 18.3 Å². The summed E-state index contributed by atoms with van der Waals surface area (Å²) < 4.78 is 31.4.